The van der Waals surface area contributed by atoms with Crippen LogP contribution in [-0.2, 0) is 19.3 Å². The minimum atomic E-state index is -4.14. The average molecular weight is 483 g/mol. The van der Waals surface area contributed by atoms with E-state index in [-0.39, 0.29) is 53.3 Å². The van der Waals surface area contributed by atoms with Crippen molar-refractivity contribution in [3.63, 3.8) is 0 Å². The Morgan fingerprint density at radius 2 is 1.81 bits per heavy atom. The van der Waals surface area contributed by atoms with Gasteiger partial charge in [-0.2, -0.15) is 0 Å². The molecule has 1 aliphatic carbocycles. The molecule has 1 saturated heterocycles. The maximum atomic E-state index is 15.4. The number of hydrogen-bond acceptors (Lipinski definition) is 4. The lowest BCUT2D eigenvalue weighted by atomic mass is 9.62. The summed E-state index contributed by atoms with van der Waals surface area (Å²) in [5, 5.41) is 0.398. The molecule has 1 saturated carbocycles. The second-order valence-corrected chi connectivity index (χ2v) is 11.7. The highest BCUT2D eigenvalue weighted by Gasteiger charge is 2.65. The van der Waals surface area contributed by atoms with Crippen molar-refractivity contribution in [3.8, 4) is 5.75 Å². The van der Waals surface area contributed by atoms with E-state index in [0.717, 1.165) is 18.6 Å². The number of ether oxygens (including phenoxy) is 2. The molecular formula is C24H25ClF2O4S. The van der Waals surface area contributed by atoms with E-state index >= 15 is 4.39 Å². The number of halogens is 3. The van der Waals surface area contributed by atoms with Gasteiger partial charge in [0.2, 0.25) is 0 Å². The molecule has 0 spiro atoms. The molecule has 172 valence electrons. The maximum Gasteiger partial charge on any atom is 0.188 e. The van der Waals surface area contributed by atoms with Gasteiger partial charge in [-0.15, -0.1) is 0 Å². The average Bonchev–Trinajstić information content (AvgIpc) is 3.11. The maximum absolute atomic E-state index is 15.4. The normalized spacial score (nSPS) is 33.7. The van der Waals surface area contributed by atoms with Gasteiger partial charge < -0.3 is 9.47 Å². The molecule has 2 fully saturated rings. The Morgan fingerprint density at radius 3 is 2.50 bits per heavy atom. The van der Waals surface area contributed by atoms with Crippen molar-refractivity contribution < 1.29 is 26.7 Å². The van der Waals surface area contributed by atoms with E-state index in [0.29, 0.717) is 11.4 Å². The van der Waals surface area contributed by atoms with E-state index in [1.165, 1.54) is 24.3 Å². The molecule has 0 N–H and O–H groups in total. The Kier molecular flexibility index (Phi) is 5.30. The Hall–Kier alpha value is -1.70. The van der Waals surface area contributed by atoms with Crippen LogP contribution in [0.4, 0.5) is 8.78 Å². The first-order chi connectivity index (χ1) is 15.2. The number of rotatable bonds is 3. The van der Waals surface area contributed by atoms with E-state index in [2.05, 4.69) is 6.92 Å². The van der Waals surface area contributed by atoms with Crippen LogP contribution in [0.5, 0.6) is 5.75 Å². The van der Waals surface area contributed by atoms with Crippen LogP contribution < -0.4 is 4.74 Å². The lowest BCUT2D eigenvalue weighted by molar-refractivity contribution is -0.0179. The van der Waals surface area contributed by atoms with Gasteiger partial charge in [0.1, 0.15) is 10.6 Å². The fraction of sp³-hybridized carbons (Fsp3) is 0.500. The first kappa shape index (κ1) is 22.1. The summed E-state index contributed by atoms with van der Waals surface area (Å²) in [5.41, 5.74) is -0.184. The lowest BCUT2D eigenvalue weighted by Crippen LogP contribution is -2.57. The van der Waals surface area contributed by atoms with Gasteiger partial charge in [-0.3, -0.25) is 0 Å². The highest BCUT2D eigenvalue weighted by Crippen LogP contribution is 2.61. The van der Waals surface area contributed by atoms with Gasteiger partial charge in [0.25, 0.3) is 0 Å². The lowest BCUT2D eigenvalue weighted by Gasteiger charge is -2.52. The minimum absolute atomic E-state index is 0.00601. The molecule has 8 heteroatoms. The summed E-state index contributed by atoms with van der Waals surface area (Å²) in [5.74, 6) is -2.41. The molecule has 2 aliphatic heterocycles. The second kappa shape index (κ2) is 7.67. The van der Waals surface area contributed by atoms with Crippen molar-refractivity contribution >= 4 is 21.4 Å². The molecule has 0 aromatic heterocycles. The van der Waals surface area contributed by atoms with Crippen LogP contribution in [0.25, 0.3) is 0 Å². The van der Waals surface area contributed by atoms with E-state index in [4.69, 9.17) is 21.1 Å². The predicted molar refractivity (Wildman–Crippen MR) is 116 cm³/mol. The van der Waals surface area contributed by atoms with Gasteiger partial charge in [0.05, 0.1) is 29.3 Å². The third-order valence-electron chi connectivity index (χ3n) is 7.74. The summed E-state index contributed by atoms with van der Waals surface area (Å²) in [7, 11) is -4.14. The fourth-order valence-electron chi connectivity index (χ4n) is 6.42. The van der Waals surface area contributed by atoms with E-state index in [1.807, 2.05) is 6.92 Å². The fourth-order valence-corrected chi connectivity index (χ4v) is 8.93. The van der Waals surface area contributed by atoms with Crippen LogP contribution in [0.3, 0.4) is 0 Å². The van der Waals surface area contributed by atoms with Crippen molar-refractivity contribution in [3.05, 3.63) is 58.6 Å². The molecule has 2 heterocycles. The summed E-state index contributed by atoms with van der Waals surface area (Å²) < 4.78 is 69.1. The molecule has 0 radical (unpaired) electrons. The van der Waals surface area contributed by atoms with Crippen molar-refractivity contribution in [2.45, 2.75) is 55.0 Å². The van der Waals surface area contributed by atoms with E-state index in [1.54, 1.807) is 0 Å². The largest absolute Gasteiger partial charge is 0.490 e. The zero-order valence-corrected chi connectivity index (χ0v) is 19.4. The smallest absolute Gasteiger partial charge is 0.188 e. The number of fused-ring (bicyclic) bond motifs is 5. The van der Waals surface area contributed by atoms with Crippen LogP contribution in [-0.4, -0.2) is 27.2 Å². The van der Waals surface area contributed by atoms with Crippen LogP contribution in [0, 0.1) is 29.4 Å². The van der Waals surface area contributed by atoms with Crippen molar-refractivity contribution in [1.29, 1.82) is 0 Å². The third kappa shape index (κ3) is 2.90. The molecule has 6 atom stereocenters. The van der Waals surface area contributed by atoms with Gasteiger partial charge in [0, 0.05) is 10.9 Å². The molecule has 4 nitrogen and oxygen atoms in total. The topological polar surface area (TPSA) is 52.6 Å². The summed E-state index contributed by atoms with van der Waals surface area (Å²) in [6, 6.07) is 7.86. The Bertz CT molecular complexity index is 1150. The van der Waals surface area contributed by atoms with Crippen molar-refractivity contribution in [2.24, 2.45) is 17.8 Å². The standard InChI is InChI=1S/C24H25ClF2O4S/c1-3-16-13(2)31-20-10-11-24(32(28,29)15-6-4-14(25)5-7-15)17(21(16)20)12-30-23-19(27)9-8-18(26)22(23)24/h4-9,13,16-17,20-21H,3,10-12H2,1-2H3/t13?,16-,17-,20+,21-,24-/m0/s1. The Morgan fingerprint density at radius 1 is 1.12 bits per heavy atom. The van der Waals surface area contributed by atoms with Crippen LogP contribution in [0.15, 0.2) is 41.3 Å². The summed E-state index contributed by atoms with van der Waals surface area (Å²) in [4.78, 5) is 0.0434. The van der Waals surface area contributed by atoms with E-state index in [9.17, 15) is 12.8 Å². The second-order valence-electron chi connectivity index (χ2n) is 9.07. The molecule has 1 unspecified atom stereocenters. The van der Waals surface area contributed by atoms with E-state index < -0.39 is 32.1 Å². The number of hydrogen-bond donors (Lipinski definition) is 0. The Balaban J connectivity index is 1.79. The molecule has 0 bridgehead atoms. The monoisotopic (exact) mass is 482 g/mol. The van der Waals surface area contributed by atoms with Crippen molar-refractivity contribution in [1.82, 2.24) is 0 Å². The summed E-state index contributed by atoms with van der Waals surface area (Å²) >= 11 is 6.00. The highest BCUT2D eigenvalue weighted by atomic mass is 35.5. The molecule has 0 amide bonds. The van der Waals surface area contributed by atoms with Gasteiger partial charge in [-0.1, -0.05) is 24.9 Å². The van der Waals surface area contributed by atoms with Crippen LogP contribution in [0.2, 0.25) is 5.02 Å². The molecule has 3 aliphatic rings. The summed E-state index contributed by atoms with van der Waals surface area (Å²) in [6.07, 6.45) is 1.21. The molecule has 2 aromatic carbocycles. The molecular weight excluding hydrogens is 458 g/mol. The predicted octanol–water partition coefficient (Wildman–Crippen LogP) is 5.52. The molecule has 2 aromatic rings. The zero-order valence-electron chi connectivity index (χ0n) is 17.9. The number of benzene rings is 2. The molecule has 32 heavy (non-hydrogen) atoms. The third-order valence-corrected chi connectivity index (χ3v) is 10.6. The molecule has 5 rings (SSSR count). The Labute approximate surface area is 191 Å². The van der Waals surface area contributed by atoms with Crippen LogP contribution in [0.1, 0.15) is 38.7 Å². The van der Waals surface area contributed by atoms with Crippen molar-refractivity contribution in [2.75, 3.05) is 6.61 Å². The van der Waals surface area contributed by atoms with Gasteiger partial charge >= 0.3 is 0 Å². The summed E-state index contributed by atoms with van der Waals surface area (Å²) in [6.45, 7) is 4.04. The number of sulfone groups is 1. The highest BCUT2D eigenvalue weighted by molar-refractivity contribution is 7.92. The SMILES string of the molecule is CC[C@H]1C(C)O[C@@H]2CC[C@@]3(S(=O)(=O)c4ccc(Cl)cc4)c4c(F)ccc(F)c4OC[C@H]3[C@@H]21. The minimum Gasteiger partial charge on any atom is -0.490 e. The first-order valence-electron chi connectivity index (χ1n) is 11.0. The first-order valence-corrected chi connectivity index (χ1v) is 12.9. The van der Waals surface area contributed by atoms with Gasteiger partial charge in [-0.05, 0) is 68.0 Å². The quantitative estimate of drug-likeness (QED) is 0.578. The van der Waals surface area contributed by atoms with Gasteiger partial charge in [0.15, 0.2) is 21.4 Å². The van der Waals surface area contributed by atoms with Gasteiger partial charge in [-0.25, -0.2) is 17.2 Å². The van der Waals surface area contributed by atoms with Crippen LogP contribution >= 0.6 is 11.6 Å². The zero-order chi connectivity index (χ0) is 22.8.